The summed E-state index contributed by atoms with van der Waals surface area (Å²) in [5, 5.41) is 0. The van der Waals surface area contributed by atoms with Crippen LogP contribution in [0.15, 0.2) is 0 Å². The van der Waals surface area contributed by atoms with E-state index in [1.54, 1.807) is 0 Å². The van der Waals surface area contributed by atoms with E-state index in [0.717, 1.165) is 13.8 Å². The van der Waals surface area contributed by atoms with Crippen LogP contribution in [0, 0.1) is 0 Å². The van der Waals surface area contributed by atoms with Crippen LogP contribution in [0.2, 0.25) is 0 Å². The Balaban J connectivity index is -0.000000197. The van der Waals surface area contributed by atoms with Gasteiger partial charge in [0.2, 0.25) is 0 Å². The summed E-state index contributed by atoms with van der Waals surface area (Å²) in [6.45, 7) is -0.922. The van der Waals surface area contributed by atoms with E-state index in [1.165, 1.54) is 0 Å². The first-order chi connectivity index (χ1) is 31.7. The maximum absolute atomic E-state index is 12.3. The first kappa shape index (κ1) is 84.0. The number of hydrogen-bond acceptors (Lipinski definition) is 1. The molecule has 0 saturated heterocycles. The van der Waals surface area contributed by atoms with Crippen molar-refractivity contribution in [3.63, 3.8) is 0 Å². The van der Waals surface area contributed by atoms with Crippen LogP contribution in [-0.2, 0) is 4.74 Å². The van der Waals surface area contributed by atoms with E-state index in [0.29, 0.717) is 6.92 Å². The van der Waals surface area contributed by atoms with Crippen LogP contribution in [0.1, 0.15) is 54.4 Å². The van der Waals surface area contributed by atoms with Crippen molar-refractivity contribution in [1.82, 2.24) is 0 Å². The molecule has 0 unspecified atom stereocenters. The van der Waals surface area contributed by atoms with Crippen molar-refractivity contribution >= 4 is 0 Å². The second-order valence-corrected chi connectivity index (χ2v) is 13.3. The average molecular weight is 1260 g/mol. The molecule has 0 saturated carbocycles. The first-order valence-electron chi connectivity index (χ1n) is 17.0. The van der Waals surface area contributed by atoms with Gasteiger partial charge in [0.25, 0.3) is 5.67 Å². The molecule has 0 heterocycles. The molecule has 0 aromatic rings. The molecule has 468 valence electrons. The molecule has 47 heteroatoms. The molecule has 76 heavy (non-hydrogen) atoms. The lowest BCUT2D eigenvalue weighted by Gasteiger charge is -2.35. The van der Waals surface area contributed by atoms with E-state index in [2.05, 4.69) is 4.74 Å². The summed E-state index contributed by atoms with van der Waals surface area (Å²) >= 11 is 0. The molecular weight excluding hydrogens is 1240 g/mol. The summed E-state index contributed by atoms with van der Waals surface area (Å²) < 4.78 is 540. The fourth-order valence-electron chi connectivity index (χ4n) is 2.42. The molecule has 0 amide bonds. The quantitative estimate of drug-likeness (QED) is 0.198. The van der Waals surface area contributed by atoms with Gasteiger partial charge >= 0.3 is 114 Å². The Bertz CT molecular complexity index is 1590. The van der Waals surface area contributed by atoms with Gasteiger partial charge in [-0.15, -0.1) is 0 Å². The van der Waals surface area contributed by atoms with Crippen molar-refractivity contribution in [2.75, 3.05) is 6.61 Å². The monoisotopic (exact) mass is 1260 g/mol. The Morgan fingerprint density at radius 3 is 0.539 bits per heavy atom. The first-order valence-corrected chi connectivity index (χ1v) is 17.0. The molecule has 0 spiro atoms. The zero-order valence-electron chi connectivity index (χ0n) is 35.9. The average Bonchev–Trinajstić information content (AvgIpc) is 3.11. The summed E-state index contributed by atoms with van der Waals surface area (Å²) in [5.41, 5.74) is -5.12. The minimum atomic E-state index is -7.29. The lowest BCUT2D eigenvalue weighted by molar-refractivity contribution is -0.429. The zero-order chi connectivity index (χ0) is 64.8. The maximum atomic E-state index is 12.3. The molecule has 0 aliphatic rings. The van der Waals surface area contributed by atoms with E-state index in [1.807, 2.05) is 0 Å². The largest absolute Gasteiger partial charge is 0.460 e. The van der Waals surface area contributed by atoms with Gasteiger partial charge in [0, 0.05) is 33.3 Å². The molecule has 0 N–H and O–H groups in total. The molecule has 0 atom stereocenters. The lowest BCUT2D eigenvalue weighted by atomic mass is 9.99. The normalized spacial score (nSPS) is 15.3. The molecule has 0 bridgehead atoms. The van der Waals surface area contributed by atoms with E-state index in [4.69, 9.17) is 0 Å². The van der Waals surface area contributed by atoms with Crippen LogP contribution in [0.3, 0.4) is 0 Å². The molecule has 0 radical (unpaired) electrons. The summed E-state index contributed by atoms with van der Waals surface area (Å²) in [7, 11) is 0. The Hall–Kier alpha value is -3.26. The molecule has 0 aromatic heterocycles. The number of alkyl halides is 46. The lowest BCUT2D eigenvalue weighted by Crippen LogP contribution is -2.65. The number of ether oxygens (including phenoxy) is 1. The predicted octanol–water partition coefficient (Wildman–Crippen LogP) is 19.1. The number of rotatable bonds is 10. The van der Waals surface area contributed by atoms with Crippen molar-refractivity contribution in [1.29, 1.82) is 0 Å². The molecular formula is C29H24F46O. The van der Waals surface area contributed by atoms with Crippen LogP contribution in [-0.4, -0.2) is 127 Å². The maximum Gasteiger partial charge on any atom is 0.460 e. The number of hydrogen-bond donors (Lipinski definition) is 0. The van der Waals surface area contributed by atoms with Gasteiger partial charge in [-0.3, -0.25) is 0 Å². The highest BCUT2D eigenvalue weighted by Gasteiger charge is 2.87. The second kappa shape index (κ2) is 24.6. The molecule has 0 aliphatic heterocycles. The van der Waals surface area contributed by atoms with Crippen molar-refractivity contribution < 1.29 is 207 Å². The van der Waals surface area contributed by atoms with Gasteiger partial charge in [-0.2, -0.15) is 198 Å². The topological polar surface area (TPSA) is 9.23 Å². The SMILES string of the molecule is CC(F)(C(F)(F)F)C(F)(F)F.CC(F)(F)C(F)(F)C(F)(F)C(F)(F)C(F)(F)F.CC(F)(F)C(F)(F)C(F)(F)C(F)(F)F.CCC(F)(F)C(F)(F)C(F)(F)C(F)(F)F.CCC(F)(F)F.CCOC(F)(C(F)(F)F)C(F)(F)F. The van der Waals surface area contributed by atoms with Crippen LogP contribution in [0.4, 0.5) is 202 Å². The van der Waals surface area contributed by atoms with E-state index in [-0.39, 0.29) is 0 Å². The third-order valence-electron chi connectivity index (χ3n) is 7.19. The van der Waals surface area contributed by atoms with Gasteiger partial charge in [0.1, 0.15) is 0 Å². The van der Waals surface area contributed by atoms with Crippen LogP contribution in [0.5, 0.6) is 0 Å². The summed E-state index contributed by atoms with van der Waals surface area (Å²) in [6.07, 6.45) is -51.1. The van der Waals surface area contributed by atoms with Crippen LogP contribution >= 0.6 is 0 Å². The van der Waals surface area contributed by atoms with Gasteiger partial charge in [-0.1, -0.05) is 13.8 Å². The standard InChI is InChI=1S/C6H3F11.C6H5F9.C5H3F9.C5H5F7O.C4H3F7.C3H5F3/c1-2(7,8)3(9,10)4(11,12)5(13,14)6(15,16)17;1-2-3(7,8)4(9,10)5(11,12)6(13,14)15;1-2(6,7)3(8,9)4(10,11)5(12,13)14;1-2-13-3(6,4(7,8)9)5(10,11)12;1-2(5,3(6,7)8)4(9,10)11;1-2-3(4,5)6/h1H3;2H2,1H3;1H3;2H2,1H3;1H3;2H2,1H3. The summed E-state index contributed by atoms with van der Waals surface area (Å²) in [4.78, 5) is 0. The molecule has 0 aliphatic carbocycles. The van der Waals surface area contributed by atoms with Crippen LogP contribution < -0.4 is 0 Å². The minimum Gasteiger partial charge on any atom is -0.332 e. The Labute approximate surface area is 389 Å². The van der Waals surface area contributed by atoms with Crippen molar-refractivity contribution in [3.05, 3.63) is 0 Å². The van der Waals surface area contributed by atoms with E-state index >= 15 is 0 Å². The van der Waals surface area contributed by atoms with Gasteiger partial charge in [-0.25, -0.2) is 4.39 Å². The minimum absolute atomic E-state index is 0.375. The highest BCUT2D eigenvalue weighted by molar-refractivity contribution is 5.05. The Kier molecular flexibility index (Phi) is 27.2. The highest BCUT2D eigenvalue weighted by Crippen LogP contribution is 2.58. The Morgan fingerprint density at radius 2 is 0.434 bits per heavy atom. The number of halogens is 46. The van der Waals surface area contributed by atoms with Gasteiger partial charge in [0.15, 0.2) is 0 Å². The van der Waals surface area contributed by atoms with E-state index in [9.17, 15) is 202 Å². The predicted molar refractivity (Wildman–Crippen MR) is 155 cm³/mol. The van der Waals surface area contributed by atoms with Gasteiger partial charge < -0.3 is 4.74 Å². The van der Waals surface area contributed by atoms with Gasteiger partial charge in [-0.05, 0) is 13.8 Å². The molecule has 0 fully saturated rings. The van der Waals surface area contributed by atoms with E-state index < -0.39 is 160 Å². The summed E-state index contributed by atoms with van der Waals surface area (Å²) in [5.74, 6) is -70.1. The fraction of sp³-hybridized carbons (Fsp3) is 1.00. The second-order valence-electron chi connectivity index (χ2n) is 13.3. The summed E-state index contributed by atoms with van der Waals surface area (Å²) in [6, 6.07) is 0. The third kappa shape index (κ3) is 19.5. The van der Waals surface area contributed by atoms with Crippen LogP contribution in [0.25, 0.3) is 0 Å². The fourth-order valence-corrected chi connectivity index (χ4v) is 2.42. The third-order valence-corrected chi connectivity index (χ3v) is 7.19. The Morgan fingerprint density at radius 1 is 0.237 bits per heavy atom. The van der Waals surface area contributed by atoms with Gasteiger partial charge in [0.05, 0.1) is 0 Å². The smallest absolute Gasteiger partial charge is 0.332 e. The van der Waals surface area contributed by atoms with Crippen molar-refractivity contribution in [3.8, 4) is 0 Å². The molecule has 0 rings (SSSR count). The molecule has 0 aromatic carbocycles. The van der Waals surface area contributed by atoms with Crippen molar-refractivity contribution in [2.24, 2.45) is 0 Å². The highest BCUT2D eigenvalue weighted by atomic mass is 19.5. The zero-order valence-corrected chi connectivity index (χ0v) is 35.9. The molecule has 1 nitrogen and oxygen atoms in total. The van der Waals surface area contributed by atoms with Crippen molar-refractivity contribution in [2.45, 2.75) is 175 Å².